The average molecular weight is 386 g/mol. The van der Waals surface area contributed by atoms with Crippen LogP contribution < -0.4 is 14.6 Å². The van der Waals surface area contributed by atoms with Crippen molar-refractivity contribution in [1.82, 2.24) is 9.62 Å². The van der Waals surface area contributed by atoms with Gasteiger partial charge in [-0.3, -0.25) is 4.79 Å². The van der Waals surface area contributed by atoms with Gasteiger partial charge in [0, 0.05) is 44.0 Å². The number of carbonyl (C=O) groups is 1. The fourth-order valence-corrected chi connectivity index (χ4v) is 4.07. The van der Waals surface area contributed by atoms with Gasteiger partial charge < -0.3 is 9.80 Å². The molecule has 140 valence electrons. The van der Waals surface area contributed by atoms with Crippen molar-refractivity contribution >= 4 is 21.6 Å². The molecule has 2 N–H and O–H groups in total. The average Bonchev–Trinajstić information content (AvgIpc) is 2.73. The maximum absolute atomic E-state index is 12.4. The van der Waals surface area contributed by atoms with Gasteiger partial charge >= 0.3 is 0 Å². The Labute approximate surface area is 158 Å². The van der Waals surface area contributed by atoms with E-state index >= 15 is 0 Å². The molecule has 0 saturated carbocycles. The summed E-state index contributed by atoms with van der Waals surface area (Å²) in [5.41, 5.74) is 1.13. The van der Waals surface area contributed by atoms with Crippen LogP contribution in [-0.4, -0.2) is 51.9 Å². The zero-order valence-corrected chi connectivity index (χ0v) is 15.4. The summed E-state index contributed by atoms with van der Waals surface area (Å²) in [7, 11) is -3.92. The van der Waals surface area contributed by atoms with Crippen LogP contribution in [-0.2, 0) is 14.8 Å². The van der Waals surface area contributed by atoms with Crippen LogP contribution in [0.25, 0.3) is 0 Å². The number of amides is 1. The minimum Gasteiger partial charge on any atom is -0.368 e. The predicted molar refractivity (Wildman–Crippen MR) is 98.1 cm³/mol. The fraction of sp³-hybridized carbons (Fsp3) is 0.278. The third-order valence-corrected chi connectivity index (χ3v) is 5.87. The van der Waals surface area contributed by atoms with Gasteiger partial charge in [-0.25, -0.2) is 18.1 Å². The van der Waals surface area contributed by atoms with Crippen LogP contribution >= 0.6 is 0 Å². The number of pyridine rings is 1. The van der Waals surface area contributed by atoms with Gasteiger partial charge in [-0.15, -0.1) is 0 Å². The molecule has 9 heteroatoms. The zero-order valence-electron chi connectivity index (χ0n) is 14.6. The van der Waals surface area contributed by atoms with E-state index in [4.69, 9.17) is 5.26 Å². The van der Waals surface area contributed by atoms with E-state index in [1.54, 1.807) is 11.0 Å². The summed E-state index contributed by atoms with van der Waals surface area (Å²) in [6, 6.07) is 11.7. The molecule has 1 aliphatic rings. The standard InChI is InChI=1S/C18H19N5O3S/c19-13-15-3-1-2-4-17(15)27(25,26)21-14-18(24)23-11-9-22(10-12-23)16-5-7-20-8-6-16/h1-8,21H,9-12,14H2/p+1. The van der Waals surface area contributed by atoms with E-state index in [1.807, 2.05) is 30.6 Å². The van der Waals surface area contributed by atoms with Gasteiger partial charge in [0.2, 0.25) is 15.9 Å². The first kappa shape index (κ1) is 18.8. The van der Waals surface area contributed by atoms with Crippen LogP contribution in [0, 0.1) is 11.3 Å². The second kappa shape index (κ2) is 8.16. The minimum atomic E-state index is -3.92. The molecule has 0 spiro atoms. The summed E-state index contributed by atoms with van der Waals surface area (Å²) in [6.45, 7) is 2.07. The molecule has 2 aromatic rings. The van der Waals surface area contributed by atoms with Gasteiger partial charge in [-0.1, -0.05) is 12.1 Å². The molecule has 27 heavy (non-hydrogen) atoms. The summed E-state index contributed by atoms with van der Waals surface area (Å²) >= 11 is 0. The van der Waals surface area contributed by atoms with Crippen molar-refractivity contribution in [1.29, 1.82) is 5.26 Å². The van der Waals surface area contributed by atoms with Gasteiger partial charge in [0.05, 0.1) is 17.0 Å². The Morgan fingerprint density at radius 2 is 1.78 bits per heavy atom. The third-order valence-electron chi connectivity index (χ3n) is 4.41. The fourth-order valence-electron chi connectivity index (χ4n) is 2.94. The number of nitrogens with zero attached hydrogens (tertiary/aromatic N) is 3. The Hall–Kier alpha value is -2.96. The second-order valence-corrected chi connectivity index (χ2v) is 7.79. The Morgan fingerprint density at radius 1 is 1.11 bits per heavy atom. The van der Waals surface area contributed by atoms with Crippen molar-refractivity contribution in [2.24, 2.45) is 0 Å². The van der Waals surface area contributed by atoms with E-state index in [0.29, 0.717) is 26.2 Å². The quantitative estimate of drug-likeness (QED) is 0.778. The number of benzene rings is 1. The maximum atomic E-state index is 12.4. The summed E-state index contributed by atoms with van der Waals surface area (Å²) in [4.78, 5) is 19.1. The van der Waals surface area contributed by atoms with Crippen LogP contribution in [0.15, 0.2) is 53.7 Å². The number of H-pyrrole nitrogens is 1. The molecule has 1 aromatic heterocycles. The molecule has 2 heterocycles. The first-order valence-electron chi connectivity index (χ1n) is 8.49. The highest BCUT2D eigenvalue weighted by Crippen LogP contribution is 2.15. The summed E-state index contributed by atoms with van der Waals surface area (Å²) in [6.07, 6.45) is 3.70. The van der Waals surface area contributed by atoms with Crippen molar-refractivity contribution < 1.29 is 18.2 Å². The molecule has 0 radical (unpaired) electrons. The molecular formula is C18H20N5O3S+. The van der Waals surface area contributed by atoms with E-state index in [-0.39, 0.29) is 22.9 Å². The first-order chi connectivity index (χ1) is 13.0. The molecule has 1 aromatic carbocycles. The third kappa shape index (κ3) is 4.42. The lowest BCUT2D eigenvalue weighted by atomic mass is 10.2. The SMILES string of the molecule is N#Cc1ccccc1S(=O)(=O)NCC(=O)N1CCN(c2cc[nH+]cc2)CC1. The number of hydrogen-bond acceptors (Lipinski definition) is 5. The number of hydrogen-bond donors (Lipinski definition) is 1. The number of rotatable bonds is 5. The van der Waals surface area contributed by atoms with Gasteiger partial charge in [0.1, 0.15) is 6.07 Å². The number of aromatic nitrogens is 1. The smallest absolute Gasteiger partial charge is 0.242 e. The number of carbonyl (C=O) groups excluding carboxylic acids is 1. The Kier molecular flexibility index (Phi) is 5.69. The number of nitriles is 1. The maximum Gasteiger partial charge on any atom is 0.242 e. The Morgan fingerprint density at radius 3 is 2.44 bits per heavy atom. The van der Waals surface area contributed by atoms with Gasteiger partial charge in [0.25, 0.3) is 0 Å². The van der Waals surface area contributed by atoms with Gasteiger partial charge in [0.15, 0.2) is 12.4 Å². The molecule has 0 atom stereocenters. The molecular weight excluding hydrogens is 366 g/mol. The largest absolute Gasteiger partial charge is 0.368 e. The van der Waals surface area contributed by atoms with Gasteiger partial charge in [-0.05, 0) is 12.1 Å². The summed E-state index contributed by atoms with van der Waals surface area (Å²) in [5.74, 6) is -0.283. The van der Waals surface area contributed by atoms with Crippen LogP contribution in [0.4, 0.5) is 5.69 Å². The minimum absolute atomic E-state index is 0.0474. The normalized spacial score (nSPS) is 14.6. The summed E-state index contributed by atoms with van der Waals surface area (Å²) in [5, 5.41) is 9.06. The highest BCUT2D eigenvalue weighted by molar-refractivity contribution is 7.89. The second-order valence-electron chi connectivity index (χ2n) is 6.06. The van der Waals surface area contributed by atoms with Crippen molar-refractivity contribution in [3.8, 4) is 6.07 Å². The highest BCUT2D eigenvalue weighted by atomic mass is 32.2. The molecule has 0 bridgehead atoms. The Balaban J connectivity index is 1.56. The first-order valence-corrected chi connectivity index (χ1v) is 9.97. The Bertz CT molecular complexity index is 948. The molecule has 1 amide bonds. The van der Waals surface area contributed by atoms with E-state index in [9.17, 15) is 13.2 Å². The highest BCUT2D eigenvalue weighted by Gasteiger charge is 2.24. The van der Waals surface area contributed by atoms with Crippen molar-refractivity contribution in [2.45, 2.75) is 4.90 Å². The molecule has 3 rings (SSSR count). The van der Waals surface area contributed by atoms with Crippen molar-refractivity contribution in [3.63, 3.8) is 0 Å². The van der Waals surface area contributed by atoms with Crippen LogP contribution in [0.5, 0.6) is 0 Å². The molecule has 1 aliphatic heterocycles. The van der Waals surface area contributed by atoms with Crippen LogP contribution in [0.3, 0.4) is 0 Å². The van der Waals surface area contributed by atoms with Crippen molar-refractivity contribution in [2.75, 3.05) is 37.6 Å². The number of piperazine rings is 1. The summed E-state index contributed by atoms with van der Waals surface area (Å²) < 4.78 is 27.1. The van der Waals surface area contributed by atoms with E-state index in [1.165, 1.54) is 18.2 Å². The van der Waals surface area contributed by atoms with Crippen molar-refractivity contribution in [3.05, 3.63) is 54.4 Å². The number of anilines is 1. The lowest BCUT2D eigenvalue weighted by Crippen LogP contribution is -2.51. The van der Waals surface area contributed by atoms with Crippen LogP contribution in [0.1, 0.15) is 5.56 Å². The predicted octanol–water partition coefficient (Wildman–Crippen LogP) is -0.000520. The molecule has 0 unspecified atom stereocenters. The molecule has 8 nitrogen and oxygen atoms in total. The number of nitrogens with one attached hydrogen (secondary N) is 2. The van der Waals surface area contributed by atoms with E-state index < -0.39 is 10.0 Å². The van der Waals surface area contributed by atoms with E-state index in [0.717, 1.165) is 5.69 Å². The number of sulfonamides is 1. The lowest BCUT2D eigenvalue weighted by molar-refractivity contribution is -0.377. The monoisotopic (exact) mass is 386 g/mol. The zero-order chi connectivity index (χ0) is 19.3. The van der Waals surface area contributed by atoms with Crippen LogP contribution in [0.2, 0.25) is 0 Å². The molecule has 1 fully saturated rings. The molecule has 1 saturated heterocycles. The van der Waals surface area contributed by atoms with Gasteiger partial charge in [-0.2, -0.15) is 5.26 Å². The van der Waals surface area contributed by atoms with E-state index in [2.05, 4.69) is 14.6 Å². The lowest BCUT2D eigenvalue weighted by Gasteiger charge is -2.35. The topological polar surface area (TPSA) is 108 Å². The number of aromatic amines is 1. The molecule has 0 aliphatic carbocycles.